The number of fused-ring (bicyclic) bond motifs is 3. The normalized spacial score (nSPS) is 11.5. The van der Waals surface area contributed by atoms with Gasteiger partial charge in [0, 0.05) is 12.1 Å². The second kappa shape index (κ2) is 5.51. The number of rotatable bonds is 3. The Morgan fingerprint density at radius 2 is 1.96 bits per heavy atom. The van der Waals surface area contributed by atoms with Crippen LogP contribution in [0, 0.1) is 10.1 Å². The van der Waals surface area contributed by atoms with E-state index in [2.05, 4.69) is 20.5 Å². The first kappa shape index (κ1) is 13.9. The number of non-ortho nitro benzene ring substituents is 1. The van der Waals surface area contributed by atoms with E-state index in [0.717, 1.165) is 11.0 Å². The van der Waals surface area contributed by atoms with Crippen molar-refractivity contribution in [3.63, 3.8) is 0 Å². The number of tetrazole rings is 1. The van der Waals surface area contributed by atoms with Gasteiger partial charge in [0.1, 0.15) is 5.69 Å². The average Bonchev–Trinajstić information content (AvgIpc) is 3.10. The van der Waals surface area contributed by atoms with Crippen molar-refractivity contribution >= 4 is 34.5 Å². The molecule has 0 saturated carbocycles. The van der Waals surface area contributed by atoms with Crippen LogP contribution in [0.2, 0.25) is 0 Å². The van der Waals surface area contributed by atoms with Crippen molar-refractivity contribution in [2.75, 3.05) is 0 Å². The Hall–Kier alpha value is -3.68. The first-order chi connectivity index (χ1) is 11.7. The lowest BCUT2D eigenvalue weighted by Crippen LogP contribution is -1.96. The lowest BCUT2D eigenvalue weighted by molar-refractivity contribution is -0.384. The van der Waals surface area contributed by atoms with Gasteiger partial charge >= 0.3 is 0 Å². The van der Waals surface area contributed by atoms with Crippen molar-refractivity contribution in [3.05, 3.63) is 69.9 Å². The monoisotopic (exact) mass is 318 g/mol. The molecule has 8 nitrogen and oxygen atoms in total. The first-order valence-corrected chi connectivity index (χ1v) is 7.12. The highest BCUT2D eigenvalue weighted by atomic mass is 16.6. The predicted octanol–water partition coefficient (Wildman–Crippen LogP) is 2.75. The Morgan fingerprint density at radius 3 is 2.83 bits per heavy atom. The minimum atomic E-state index is -0.424. The van der Waals surface area contributed by atoms with Gasteiger partial charge in [0.2, 0.25) is 5.65 Å². The Kier molecular flexibility index (Phi) is 3.20. The average molecular weight is 318 g/mol. The Balaban J connectivity index is 1.82. The van der Waals surface area contributed by atoms with Gasteiger partial charge in [-0.3, -0.25) is 10.1 Å². The highest BCUT2D eigenvalue weighted by Crippen LogP contribution is 2.19. The summed E-state index contributed by atoms with van der Waals surface area (Å²) in [5, 5.41) is 22.6. The molecule has 2 aromatic carbocycles. The maximum Gasteiger partial charge on any atom is 0.270 e. The van der Waals surface area contributed by atoms with Crippen LogP contribution in [0.3, 0.4) is 0 Å². The van der Waals surface area contributed by atoms with E-state index in [1.807, 2.05) is 24.3 Å². The van der Waals surface area contributed by atoms with Crippen LogP contribution < -0.4 is 0 Å². The molecule has 0 saturated heterocycles. The number of benzene rings is 2. The van der Waals surface area contributed by atoms with Crippen molar-refractivity contribution in [3.8, 4) is 0 Å². The number of para-hydroxylation sites is 2. The third-order valence-electron chi connectivity index (χ3n) is 3.56. The zero-order chi connectivity index (χ0) is 16.5. The molecule has 0 aliphatic carbocycles. The summed E-state index contributed by atoms with van der Waals surface area (Å²) >= 11 is 0. The van der Waals surface area contributed by atoms with E-state index in [4.69, 9.17) is 0 Å². The van der Waals surface area contributed by atoms with Crippen LogP contribution in [-0.2, 0) is 0 Å². The van der Waals surface area contributed by atoms with E-state index < -0.39 is 4.92 Å². The van der Waals surface area contributed by atoms with Crippen LogP contribution in [0.4, 0.5) is 5.69 Å². The fourth-order valence-electron chi connectivity index (χ4n) is 2.46. The van der Waals surface area contributed by atoms with E-state index in [1.54, 1.807) is 28.8 Å². The molecule has 0 atom stereocenters. The maximum absolute atomic E-state index is 10.9. The standard InChI is InChI=1S/C16H10N6O2/c23-22(24)12-5-3-4-11(10-12)8-9-14-16-18-19-20-21(16)15-7-2-1-6-13(15)17-14/h1-10H/b9-8+. The molecule has 4 aromatic rings. The van der Waals surface area contributed by atoms with Gasteiger partial charge in [0.25, 0.3) is 5.69 Å². The lowest BCUT2D eigenvalue weighted by atomic mass is 10.2. The number of hydrogen-bond acceptors (Lipinski definition) is 6. The van der Waals surface area contributed by atoms with E-state index in [1.165, 1.54) is 12.1 Å². The van der Waals surface area contributed by atoms with Crippen LogP contribution in [0.5, 0.6) is 0 Å². The van der Waals surface area contributed by atoms with Gasteiger partial charge < -0.3 is 0 Å². The minimum Gasteiger partial charge on any atom is -0.258 e. The minimum absolute atomic E-state index is 0.0397. The van der Waals surface area contributed by atoms with Crippen LogP contribution in [0.1, 0.15) is 11.3 Å². The number of aromatic nitrogens is 5. The van der Waals surface area contributed by atoms with E-state index in [0.29, 0.717) is 16.9 Å². The van der Waals surface area contributed by atoms with Gasteiger partial charge in [-0.15, -0.1) is 5.10 Å². The molecule has 24 heavy (non-hydrogen) atoms. The second-order valence-electron chi connectivity index (χ2n) is 5.09. The number of nitro benzene ring substituents is 1. The van der Waals surface area contributed by atoms with Crippen LogP contribution in [-0.4, -0.2) is 29.9 Å². The molecular weight excluding hydrogens is 308 g/mol. The molecule has 0 radical (unpaired) electrons. The van der Waals surface area contributed by atoms with Gasteiger partial charge in [-0.25, -0.2) is 4.98 Å². The summed E-state index contributed by atoms with van der Waals surface area (Å²) in [6, 6.07) is 13.9. The predicted molar refractivity (Wildman–Crippen MR) is 88.1 cm³/mol. The molecule has 0 amide bonds. The van der Waals surface area contributed by atoms with Gasteiger partial charge in [0.05, 0.1) is 16.0 Å². The highest BCUT2D eigenvalue weighted by Gasteiger charge is 2.09. The number of hydrogen-bond donors (Lipinski definition) is 0. The maximum atomic E-state index is 10.9. The SMILES string of the molecule is O=[N+]([O-])c1cccc(/C=C/c2nc3ccccc3n3nnnc23)c1. The largest absolute Gasteiger partial charge is 0.270 e. The summed E-state index contributed by atoms with van der Waals surface area (Å²) in [5.74, 6) is 0. The molecule has 0 aliphatic heterocycles. The van der Waals surface area contributed by atoms with Gasteiger partial charge in [-0.2, -0.15) is 4.52 Å². The molecule has 0 aliphatic rings. The van der Waals surface area contributed by atoms with Crippen molar-refractivity contribution in [2.45, 2.75) is 0 Å². The van der Waals surface area contributed by atoms with Gasteiger partial charge in [-0.05, 0) is 34.2 Å². The second-order valence-corrected chi connectivity index (χ2v) is 5.09. The smallest absolute Gasteiger partial charge is 0.258 e. The molecule has 0 unspecified atom stereocenters. The van der Waals surface area contributed by atoms with E-state index >= 15 is 0 Å². The lowest BCUT2D eigenvalue weighted by Gasteiger charge is -2.01. The van der Waals surface area contributed by atoms with Crippen LogP contribution in [0.15, 0.2) is 48.5 Å². The van der Waals surface area contributed by atoms with Crippen molar-refractivity contribution in [2.24, 2.45) is 0 Å². The summed E-state index contributed by atoms with van der Waals surface area (Å²) in [7, 11) is 0. The third kappa shape index (κ3) is 2.35. The Labute approximate surface area is 135 Å². The van der Waals surface area contributed by atoms with Gasteiger partial charge in [0.15, 0.2) is 0 Å². The zero-order valence-electron chi connectivity index (χ0n) is 12.3. The summed E-state index contributed by atoms with van der Waals surface area (Å²) < 4.78 is 1.62. The van der Waals surface area contributed by atoms with Crippen molar-refractivity contribution in [1.82, 2.24) is 25.0 Å². The molecule has 0 fully saturated rings. The summed E-state index contributed by atoms with van der Waals surface area (Å²) in [6.07, 6.45) is 3.50. The summed E-state index contributed by atoms with van der Waals surface area (Å²) in [6.45, 7) is 0. The van der Waals surface area contributed by atoms with Gasteiger partial charge in [-0.1, -0.05) is 30.3 Å². The molecule has 116 valence electrons. The fourth-order valence-corrected chi connectivity index (χ4v) is 2.46. The molecular formula is C16H10N6O2. The van der Waals surface area contributed by atoms with Crippen LogP contribution >= 0.6 is 0 Å². The Bertz CT molecular complexity index is 1100. The molecule has 0 N–H and O–H groups in total. The topological polar surface area (TPSA) is 99.1 Å². The molecule has 2 aromatic heterocycles. The van der Waals surface area contributed by atoms with Crippen molar-refractivity contribution in [1.29, 1.82) is 0 Å². The molecule has 0 spiro atoms. The first-order valence-electron chi connectivity index (χ1n) is 7.12. The summed E-state index contributed by atoms with van der Waals surface area (Å²) in [5.41, 5.74) is 3.42. The van der Waals surface area contributed by atoms with E-state index in [-0.39, 0.29) is 5.69 Å². The van der Waals surface area contributed by atoms with E-state index in [9.17, 15) is 10.1 Å². The molecule has 2 heterocycles. The third-order valence-corrected chi connectivity index (χ3v) is 3.56. The van der Waals surface area contributed by atoms with Crippen LogP contribution in [0.25, 0.3) is 28.8 Å². The Morgan fingerprint density at radius 1 is 1.08 bits per heavy atom. The molecule has 0 bridgehead atoms. The zero-order valence-corrected chi connectivity index (χ0v) is 12.3. The molecule has 4 rings (SSSR count). The quantitative estimate of drug-likeness (QED) is 0.425. The fraction of sp³-hybridized carbons (Fsp3) is 0. The number of nitro groups is 1. The van der Waals surface area contributed by atoms with Crippen molar-refractivity contribution < 1.29 is 4.92 Å². The summed E-state index contributed by atoms with van der Waals surface area (Å²) in [4.78, 5) is 15.0. The highest BCUT2D eigenvalue weighted by molar-refractivity contribution is 5.83. The number of nitrogens with zero attached hydrogens (tertiary/aromatic N) is 6. The molecule has 8 heteroatoms.